The van der Waals surface area contributed by atoms with Gasteiger partial charge in [0, 0.05) is 18.6 Å². The van der Waals surface area contributed by atoms with Crippen LogP contribution in [0.5, 0.6) is 0 Å². The van der Waals surface area contributed by atoms with E-state index in [4.69, 9.17) is 0 Å². The molecule has 0 spiro atoms. The molecule has 1 N–H and O–H groups in total. The summed E-state index contributed by atoms with van der Waals surface area (Å²) in [5.74, 6) is 0.762. The molecule has 1 saturated heterocycles. The van der Waals surface area contributed by atoms with Crippen molar-refractivity contribution in [3.8, 4) is 0 Å². The second-order valence-corrected chi connectivity index (χ2v) is 7.55. The second kappa shape index (κ2) is 5.92. The molecule has 106 valence electrons. The van der Waals surface area contributed by atoms with Gasteiger partial charge >= 0.3 is 0 Å². The zero-order valence-electron chi connectivity index (χ0n) is 12.8. The van der Waals surface area contributed by atoms with E-state index >= 15 is 0 Å². The van der Waals surface area contributed by atoms with Gasteiger partial charge in [-0.3, -0.25) is 4.90 Å². The third kappa shape index (κ3) is 4.24. The number of rotatable bonds is 5. The van der Waals surface area contributed by atoms with Crippen molar-refractivity contribution in [2.75, 3.05) is 19.6 Å². The van der Waals surface area contributed by atoms with Crippen LogP contribution in [0.1, 0.15) is 59.8 Å². The lowest BCUT2D eigenvalue weighted by Gasteiger charge is -2.34. The van der Waals surface area contributed by atoms with Gasteiger partial charge in [0.2, 0.25) is 0 Å². The molecule has 18 heavy (non-hydrogen) atoms. The van der Waals surface area contributed by atoms with E-state index in [1.807, 2.05) is 0 Å². The molecular formula is C16H32N2. The van der Waals surface area contributed by atoms with Crippen molar-refractivity contribution in [3.05, 3.63) is 0 Å². The van der Waals surface area contributed by atoms with Gasteiger partial charge in [-0.2, -0.15) is 0 Å². The van der Waals surface area contributed by atoms with E-state index in [1.165, 1.54) is 51.7 Å². The van der Waals surface area contributed by atoms with Gasteiger partial charge in [0.25, 0.3) is 0 Å². The summed E-state index contributed by atoms with van der Waals surface area (Å²) >= 11 is 0. The topological polar surface area (TPSA) is 15.3 Å². The number of hydrogen-bond acceptors (Lipinski definition) is 2. The van der Waals surface area contributed by atoms with Crippen LogP contribution in [-0.2, 0) is 0 Å². The zero-order chi connectivity index (χ0) is 13.2. The fourth-order valence-corrected chi connectivity index (χ4v) is 3.14. The van der Waals surface area contributed by atoms with Crippen LogP contribution in [0, 0.1) is 11.3 Å². The van der Waals surface area contributed by atoms with Crippen LogP contribution in [0.3, 0.4) is 0 Å². The molecule has 2 nitrogen and oxygen atoms in total. The van der Waals surface area contributed by atoms with Crippen LogP contribution in [0.25, 0.3) is 0 Å². The van der Waals surface area contributed by atoms with E-state index in [0.717, 1.165) is 18.0 Å². The van der Waals surface area contributed by atoms with E-state index in [-0.39, 0.29) is 0 Å². The van der Waals surface area contributed by atoms with E-state index in [1.54, 1.807) is 0 Å². The van der Waals surface area contributed by atoms with Crippen LogP contribution in [-0.4, -0.2) is 36.6 Å². The Bertz CT molecular complexity index is 256. The van der Waals surface area contributed by atoms with E-state index in [2.05, 4.69) is 37.9 Å². The highest BCUT2D eigenvalue weighted by molar-refractivity contribution is 4.87. The molecule has 2 rings (SSSR count). The van der Waals surface area contributed by atoms with Crippen molar-refractivity contribution in [2.24, 2.45) is 11.3 Å². The smallest absolute Gasteiger partial charge is 0.0243 e. The quantitative estimate of drug-likeness (QED) is 0.808. The minimum absolute atomic E-state index is 0.556. The molecule has 2 fully saturated rings. The summed E-state index contributed by atoms with van der Waals surface area (Å²) in [6.07, 6.45) is 6.93. The fourth-order valence-electron chi connectivity index (χ4n) is 3.14. The Morgan fingerprint density at radius 1 is 1.17 bits per heavy atom. The first-order chi connectivity index (χ1) is 8.48. The average molecular weight is 252 g/mol. The van der Waals surface area contributed by atoms with Crippen molar-refractivity contribution in [1.82, 2.24) is 10.2 Å². The molecule has 0 aromatic carbocycles. The molecule has 0 radical (unpaired) electrons. The lowest BCUT2D eigenvalue weighted by molar-refractivity contribution is 0.151. The van der Waals surface area contributed by atoms with Crippen molar-refractivity contribution < 1.29 is 0 Å². The summed E-state index contributed by atoms with van der Waals surface area (Å²) < 4.78 is 0. The van der Waals surface area contributed by atoms with Gasteiger partial charge in [-0.25, -0.2) is 0 Å². The Morgan fingerprint density at radius 2 is 1.89 bits per heavy atom. The Balaban J connectivity index is 1.87. The molecule has 1 saturated carbocycles. The predicted octanol–water partition coefficient (Wildman–Crippen LogP) is 3.28. The zero-order valence-corrected chi connectivity index (χ0v) is 12.8. The van der Waals surface area contributed by atoms with E-state index in [9.17, 15) is 0 Å². The predicted molar refractivity (Wildman–Crippen MR) is 78.9 cm³/mol. The number of likely N-dealkylation sites (tertiary alicyclic amines) is 1. The maximum absolute atomic E-state index is 3.73. The first-order valence-corrected chi connectivity index (χ1v) is 7.95. The fraction of sp³-hybridized carbons (Fsp3) is 1.00. The highest BCUT2D eigenvalue weighted by Gasteiger charge is 2.29. The number of nitrogens with one attached hydrogen (secondary N) is 1. The molecule has 0 bridgehead atoms. The Labute approximate surface area is 114 Å². The molecule has 2 aliphatic rings. The van der Waals surface area contributed by atoms with Crippen LogP contribution in [0.4, 0.5) is 0 Å². The molecule has 1 aliphatic heterocycles. The van der Waals surface area contributed by atoms with Gasteiger partial charge in [-0.05, 0) is 56.5 Å². The first kappa shape index (κ1) is 14.3. The average Bonchev–Trinajstić information content (AvgIpc) is 3.08. The van der Waals surface area contributed by atoms with Gasteiger partial charge in [-0.15, -0.1) is 0 Å². The van der Waals surface area contributed by atoms with E-state index in [0.29, 0.717) is 5.41 Å². The molecule has 0 aromatic heterocycles. The van der Waals surface area contributed by atoms with Crippen LogP contribution in [0.15, 0.2) is 0 Å². The molecule has 1 aliphatic carbocycles. The van der Waals surface area contributed by atoms with Gasteiger partial charge < -0.3 is 5.32 Å². The summed E-state index contributed by atoms with van der Waals surface area (Å²) in [4.78, 5) is 2.76. The largest absolute Gasteiger partial charge is 0.312 e. The van der Waals surface area contributed by atoms with E-state index < -0.39 is 0 Å². The van der Waals surface area contributed by atoms with Gasteiger partial charge in [0.15, 0.2) is 0 Å². The molecule has 0 amide bonds. The van der Waals surface area contributed by atoms with Crippen molar-refractivity contribution in [1.29, 1.82) is 0 Å². The van der Waals surface area contributed by atoms with Crippen molar-refractivity contribution in [2.45, 2.75) is 71.9 Å². The third-order valence-electron chi connectivity index (χ3n) is 4.81. The number of nitrogens with zero attached hydrogens (tertiary/aromatic N) is 1. The highest BCUT2D eigenvalue weighted by Crippen LogP contribution is 2.31. The molecule has 1 unspecified atom stereocenters. The monoisotopic (exact) mass is 252 g/mol. The van der Waals surface area contributed by atoms with Gasteiger partial charge in [0.05, 0.1) is 0 Å². The molecule has 1 atom stereocenters. The summed E-state index contributed by atoms with van der Waals surface area (Å²) in [5, 5.41) is 3.73. The lowest BCUT2D eigenvalue weighted by atomic mass is 9.85. The van der Waals surface area contributed by atoms with Crippen molar-refractivity contribution in [3.63, 3.8) is 0 Å². The Kier molecular flexibility index (Phi) is 4.71. The van der Waals surface area contributed by atoms with Gasteiger partial charge in [0.1, 0.15) is 0 Å². The second-order valence-electron chi connectivity index (χ2n) is 7.55. The molecule has 1 heterocycles. The summed E-state index contributed by atoms with van der Waals surface area (Å²) in [6.45, 7) is 13.4. The highest BCUT2D eigenvalue weighted by atomic mass is 15.2. The van der Waals surface area contributed by atoms with Crippen LogP contribution >= 0.6 is 0 Å². The summed E-state index contributed by atoms with van der Waals surface area (Å²) in [6, 6.07) is 1.58. The third-order valence-corrected chi connectivity index (χ3v) is 4.81. The minimum Gasteiger partial charge on any atom is -0.312 e. The van der Waals surface area contributed by atoms with Gasteiger partial charge in [-0.1, -0.05) is 27.7 Å². The van der Waals surface area contributed by atoms with Crippen molar-refractivity contribution >= 4 is 0 Å². The maximum Gasteiger partial charge on any atom is 0.0243 e. The Hall–Kier alpha value is -0.0800. The van der Waals surface area contributed by atoms with Crippen LogP contribution in [0.2, 0.25) is 0 Å². The Morgan fingerprint density at radius 3 is 2.50 bits per heavy atom. The maximum atomic E-state index is 3.73. The SMILES string of the molecule is CC(C)C(CNC1CC1)N1CCCC(C)(C)CC1. The molecule has 0 aromatic rings. The molecule has 2 heteroatoms. The lowest BCUT2D eigenvalue weighted by Crippen LogP contribution is -2.46. The summed E-state index contributed by atoms with van der Waals surface area (Å²) in [5.41, 5.74) is 0.556. The van der Waals surface area contributed by atoms with Crippen LogP contribution < -0.4 is 5.32 Å². The minimum atomic E-state index is 0.556. The number of hydrogen-bond donors (Lipinski definition) is 1. The first-order valence-electron chi connectivity index (χ1n) is 7.95. The standard InChI is InChI=1S/C16H32N2/c1-13(2)15(12-17-14-6-7-14)18-10-5-8-16(3,4)9-11-18/h13-15,17H,5-12H2,1-4H3. The normalized spacial score (nSPS) is 27.2. The molecular weight excluding hydrogens is 220 g/mol. The summed E-state index contributed by atoms with van der Waals surface area (Å²) in [7, 11) is 0.